The fraction of sp³-hybridized carbons (Fsp3) is 0.500. The average Bonchev–Trinajstić information content (AvgIpc) is 3.18. The van der Waals surface area contributed by atoms with E-state index in [0.29, 0.717) is 49.5 Å². The molecular formula is C30H40N4O4. The lowest BCUT2D eigenvalue weighted by molar-refractivity contribution is -0.135. The first-order chi connectivity index (χ1) is 18.3. The fourth-order valence-electron chi connectivity index (χ4n) is 5.33. The van der Waals surface area contributed by atoms with Gasteiger partial charge in [0.1, 0.15) is 11.8 Å². The van der Waals surface area contributed by atoms with Gasteiger partial charge in [-0.25, -0.2) is 0 Å². The Bertz CT molecular complexity index is 1110. The predicted octanol–water partition coefficient (Wildman–Crippen LogP) is 3.21. The molecule has 0 aromatic heterocycles. The second-order valence-electron chi connectivity index (χ2n) is 10.7. The molecule has 4 rings (SSSR count). The molecule has 2 aliphatic heterocycles. The summed E-state index contributed by atoms with van der Waals surface area (Å²) in [6.45, 7) is 9.89. The highest BCUT2D eigenvalue weighted by Crippen LogP contribution is 2.28. The Morgan fingerprint density at radius 2 is 1.68 bits per heavy atom. The van der Waals surface area contributed by atoms with Gasteiger partial charge in [-0.05, 0) is 68.6 Å². The Kier molecular flexibility index (Phi) is 9.05. The standard InChI is InChI=1S/C30H40N4O4/c1-21(2)19-33(28(35)24-10-12-26(38-4)13-11-24)25-18-27(30(37)32-16-5-14-31-15-17-32)34(20-25)29(36)23-8-6-22(3)7-9-23/h6-13,21,25,27,31H,5,14-20H2,1-4H3. The summed E-state index contributed by atoms with van der Waals surface area (Å²) in [5.74, 6) is 0.620. The molecule has 2 fully saturated rings. The number of rotatable bonds is 7. The van der Waals surface area contributed by atoms with Crippen molar-refractivity contribution in [3.05, 3.63) is 65.2 Å². The first kappa shape index (κ1) is 27.6. The SMILES string of the molecule is COc1ccc(C(=O)N(CC(C)C)C2CC(C(=O)N3CCCNCC3)N(C(=O)c3ccc(C)cc3)C2)cc1. The summed E-state index contributed by atoms with van der Waals surface area (Å²) in [6, 6.07) is 13.7. The highest BCUT2D eigenvalue weighted by molar-refractivity contribution is 5.99. The molecule has 204 valence electrons. The molecule has 0 radical (unpaired) electrons. The van der Waals surface area contributed by atoms with E-state index in [0.717, 1.165) is 25.1 Å². The Morgan fingerprint density at radius 1 is 1.00 bits per heavy atom. The number of likely N-dealkylation sites (tertiary alicyclic amines) is 1. The van der Waals surface area contributed by atoms with Crippen LogP contribution in [0.25, 0.3) is 0 Å². The van der Waals surface area contributed by atoms with E-state index in [-0.39, 0.29) is 29.7 Å². The molecule has 2 saturated heterocycles. The van der Waals surface area contributed by atoms with E-state index in [9.17, 15) is 14.4 Å². The van der Waals surface area contributed by atoms with Gasteiger partial charge in [0, 0.05) is 43.9 Å². The summed E-state index contributed by atoms with van der Waals surface area (Å²) in [6.07, 6.45) is 1.30. The number of methoxy groups -OCH3 is 1. The van der Waals surface area contributed by atoms with Gasteiger partial charge in [0.25, 0.3) is 11.8 Å². The Balaban J connectivity index is 1.64. The van der Waals surface area contributed by atoms with Crippen molar-refractivity contribution < 1.29 is 19.1 Å². The molecule has 0 aliphatic carbocycles. The minimum absolute atomic E-state index is 0.0296. The van der Waals surface area contributed by atoms with Gasteiger partial charge in [-0.2, -0.15) is 0 Å². The zero-order valence-corrected chi connectivity index (χ0v) is 23.0. The van der Waals surface area contributed by atoms with Crippen LogP contribution in [0.5, 0.6) is 5.75 Å². The zero-order valence-electron chi connectivity index (χ0n) is 23.0. The maximum atomic E-state index is 13.8. The van der Waals surface area contributed by atoms with Crippen LogP contribution in [-0.2, 0) is 4.79 Å². The van der Waals surface area contributed by atoms with Crippen LogP contribution in [0.4, 0.5) is 0 Å². The van der Waals surface area contributed by atoms with Crippen LogP contribution < -0.4 is 10.1 Å². The summed E-state index contributed by atoms with van der Waals surface area (Å²) in [4.78, 5) is 46.8. The highest BCUT2D eigenvalue weighted by Gasteiger charge is 2.44. The van der Waals surface area contributed by atoms with Gasteiger partial charge in [0.05, 0.1) is 13.2 Å². The van der Waals surface area contributed by atoms with Crippen molar-refractivity contribution in [2.24, 2.45) is 5.92 Å². The molecule has 0 bridgehead atoms. The lowest BCUT2D eigenvalue weighted by Gasteiger charge is -2.31. The monoisotopic (exact) mass is 520 g/mol. The van der Waals surface area contributed by atoms with Gasteiger partial charge in [-0.15, -0.1) is 0 Å². The maximum absolute atomic E-state index is 13.8. The molecule has 0 spiro atoms. The molecule has 0 saturated carbocycles. The number of hydrogen-bond acceptors (Lipinski definition) is 5. The molecule has 8 nitrogen and oxygen atoms in total. The van der Waals surface area contributed by atoms with Crippen molar-refractivity contribution in [1.29, 1.82) is 0 Å². The normalized spacial score (nSPS) is 19.8. The first-order valence-corrected chi connectivity index (χ1v) is 13.6. The van der Waals surface area contributed by atoms with Crippen LogP contribution in [0, 0.1) is 12.8 Å². The van der Waals surface area contributed by atoms with Gasteiger partial charge in [0.15, 0.2) is 0 Å². The second-order valence-corrected chi connectivity index (χ2v) is 10.7. The van der Waals surface area contributed by atoms with Crippen molar-refractivity contribution >= 4 is 17.7 Å². The summed E-state index contributed by atoms with van der Waals surface area (Å²) < 4.78 is 5.25. The minimum Gasteiger partial charge on any atom is -0.497 e. The molecule has 3 amide bonds. The molecule has 2 heterocycles. The van der Waals surface area contributed by atoms with Crippen molar-refractivity contribution in [1.82, 2.24) is 20.0 Å². The average molecular weight is 521 g/mol. The van der Waals surface area contributed by atoms with Crippen LogP contribution in [0.15, 0.2) is 48.5 Å². The van der Waals surface area contributed by atoms with E-state index in [1.54, 1.807) is 36.3 Å². The number of nitrogens with zero attached hydrogens (tertiary/aromatic N) is 3. The van der Waals surface area contributed by atoms with E-state index in [1.807, 2.05) is 41.0 Å². The molecule has 2 unspecified atom stereocenters. The molecule has 1 N–H and O–H groups in total. The van der Waals surface area contributed by atoms with Gasteiger partial charge in [-0.1, -0.05) is 31.5 Å². The van der Waals surface area contributed by atoms with Crippen molar-refractivity contribution in [3.63, 3.8) is 0 Å². The molecule has 38 heavy (non-hydrogen) atoms. The molecule has 2 aromatic rings. The summed E-state index contributed by atoms with van der Waals surface area (Å²) in [5.41, 5.74) is 2.19. The Morgan fingerprint density at radius 3 is 2.34 bits per heavy atom. The summed E-state index contributed by atoms with van der Waals surface area (Å²) >= 11 is 0. The lowest BCUT2D eigenvalue weighted by Crippen LogP contribution is -2.48. The molecule has 2 aromatic carbocycles. The van der Waals surface area contributed by atoms with Crippen molar-refractivity contribution in [2.75, 3.05) is 46.4 Å². The zero-order chi connectivity index (χ0) is 27.2. The predicted molar refractivity (Wildman–Crippen MR) is 147 cm³/mol. The van der Waals surface area contributed by atoms with Crippen LogP contribution in [0.2, 0.25) is 0 Å². The molecule has 8 heteroatoms. The van der Waals surface area contributed by atoms with Gasteiger partial charge in [0.2, 0.25) is 5.91 Å². The topological polar surface area (TPSA) is 82.2 Å². The first-order valence-electron chi connectivity index (χ1n) is 13.6. The number of hydrogen-bond donors (Lipinski definition) is 1. The maximum Gasteiger partial charge on any atom is 0.254 e. The van der Waals surface area contributed by atoms with E-state index < -0.39 is 6.04 Å². The van der Waals surface area contributed by atoms with Crippen molar-refractivity contribution in [3.8, 4) is 5.75 Å². The van der Waals surface area contributed by atoms with Gasteiger partial charge >= 0.3 is 0 Å². The number of ether oxygens (including phenoxy) is 1. The highest BCUT2D eigenvalue weighted by atomic mass is 16.5. The lowest BCUT2D eigenvalue weighted by atomic mass is 10.1. The van der Waals surface area contributed by atoms with Gasteiger partial charge < -0.3 is 24.8 Å². The van der Waals surface area contributed by atoms with Crippen LogP contribution in [0.3, 0.4) is 0 Å². The number of nitrogens with one attached hydrogen (secondary N) is 1. The summed E-state index contributed by atoms with van der Waals surface area (Å²) in [5, 5.41) is 3.34. The van der Waals surface area contributed by atoms with E-state index in [1.165, 1.54) is 0 Å². The molecular weight excluding hydrogens is 480 g/mol. The Hall–Kier alpha value is -3.39. The Labute approximate surface area is 225 Å². The van der Waals surface area contributed by atoms with Crippen LogP contribution >= 0.6 is 0 Å². The van der Waals surface area contributed by atoms with Gasteiger partial charge in [-0.3, -0.25) is 14.4 Å². The van der Waals surface area contributed by atoms with E-state index >= 15 is 0 Å². The third-order valence-corrected chi connectivity index (χ3v) is 7.38. The van der Waals surface area contributed by atoms with Crippen molar-refractivity contribution in [2.45, 2.75) is 45.7 Å². The minimum atomic E-state index is -0.606. The number of carbonyl (C=O) groups is 3. The number of carbonyl (C=O) groups excluding carboxylic acids is 3. The van der Waals surface area contributed by atoms with E-state index in [2.05, 4.69) is 19.2 Å². The fourth-order valence-corrected chi connectivity index (χ4v) is 5.33. The number of benzene rings is 2. The van der Waals surface area contributed by atoms with E-state index in [4.69, 9.17) is 4.74 Å². The summed E-state index contributed by atoms with van der Waals surface area (Å²) in [7, 11) is 1.59. The third kappa shape index (κ3) is 6.35. The largest absolute Gasteiger partial charge is 0.497 e. The second kappa shape index (κ2) is 12.4. The van der Waals surface area contributed by atoms with Crippen LogP contribution in [-0.4, -0.2) is 90.9 Å². The molecule has 2 atom stereocenters. The number of aryl methyl sites for hydroxylation is 1. The quantitative estimate of drug-likeness (QED) is 0.606. The van der Waals surface area contributed by atoms with Crippen LogP contribution in [0.1, 0.15) is 53.0 Å². The smallest absolute Gasteiger partial charge is 0.254 e. The molecule has 2 aliphatic rings. The third-order valence-electron chi connectivity index (χ3n) is 7.38. The number of amides is 3.